The lowest BCUT2D eigenvalue weighted by atomic mass is 10.1. The number of ether oxygens (including phenoxy) is 1. The van der Waals surface area contributed by atoms with Gasteiger partial charge in [0.05, 0.1) is 28.2 Å². The number of rotatable bonds is 7. The highest BCUT2D eigenvalue weighted by atomic mass is 35.5. The fourth-order valence-electron chi connectivity index (χ4n) is 2.59. The molecule has 7 nitrogen and oxygen atoms in total. The van der Waals surface area contributed by atoms with Crippen molar-refractivity contribution in [1.82, 2.24) is 4.31 Å². The molecule has 0 bridgehead atoms. The minimum Gasteiger partial charge on any atom is -0.465 e. The van der Waals surface area contributed by atoms with Crippen LogP contribution in [0.4, 0.5) is 5.69 Å². The van der Waals surface area contributed by atoms with Crippen LogP contribution in [0.2, 0.25) is 5.02 Å². The van der Waals surface area contributed by atoms with E-state index in [9.17, 15) is 18.0 Å². The molecular weight excluding hydrogens is 404 g/mol. The van der Waals surface area contributed by atoms with E-state index in [-0.39, 0.29) is 21.0 Å². The number of nitrogens with one attached hydrogen (secondary N) is 1. The lowest BCUT2D eigenvalue weighted by Gasteiger charge is -2.19. The summed E-state index contributed by atoms with van der Waals surface area (Å²) in [5.41, 5.74) is 0.628. The summed E-state index contributed by atoms with van der Waals surface area (Å²) in [6.07, 6.45) is 0. The van der Waals surface area contributed by atoms with Gasteiger partial charge in [0.25, 0.3) is 5.91 Å². The van der Waals surface area contributed by atoms with Crippen LogP contribution in [0.3, 0.4) is 0 Å². The first-order valence-corrected chi connectivity index (χ1v) is 10.4. The molecule has 2 aromatic carbocycles. The average molecular weight is 425 g/mol. The Morgan fingerprint density at radius 1 is 1.11 bits per heavy atom. The number of esters is 1. The Morgan fingerprint density at radius 3 is 2.39 bits per heavy atom. The predicted molar refractivity (Wildman–Crippen MR) is 107 cm³/mol. The SMILES string of the molecule is CCN(CC)S(=O)(=O)c1ccc(Cl)c(C(=O)Nc2cccc(C(=O)OC)c2)c1. The van der Waals surface area contributed by atoms with Crippen molar-refractivity contribution in [3.05, 3.63) is 58.6 Å². The van der Waals surface area contributed by atoms with Crippen LogP contribution in [-0.4, -0.2) is 44.8 Å². The lowest BCUT2D eigenvalue weighted by molar-refractivity contribution is 0.0600. The van der Waals surface area contributed by atoms with E-state index in [0.29, 0.717) is 18.8 Å². The summed E-state index contributed by atoms with van der Waals surface area (Å²) in [5.74, 6) is -1.13. The van der Waals surface area contributed by atoms with Gasteiger partial charge in [0.2, 0.25) is 10.0 Å². The Labute approximate surface area is 169 Å². The number of halogens is 1. The Kier molecular flexibility index (Phi) is 7.17. The number of carbonyl (C=O) groups is 2. The van der Waals surface area contributed by atoms with Crippen molar-refractivity contribution in [2.75, 3.05) is 25.5 Å². The number of anilines is 1. The quantitative estimate of drug-likeness (QED) is 0.687. The minimum atomic E-state index is -3.73. The molecule has 0 saturated carbocycles. The van der Waals surface area contributed by atoms with Crippen LogP contribution in [0, 0.1) is 0 Å². The molecule has 2 rings (SSSR count). The molecule has 150 valence electrons. The van der Waals surface area contributed by atoms with Gasteiger partial charge in [-0.25, -0.2) is 13.2 Å². The van der Waals surface area contributed by atoms with Crippen molar-refractivity contribution < 1.29 is 22.7 Å². The van der Waals surface area contributed by atoms with E-state index in [4.69, 9.17) is 11.6 Å². The van der Waals surface area contributed by atoms with Gasteiger partial charge < -0.3 is 10.1 Å². The summed E-state index contributed by atoms with van der Waals surface area (Å²) < 4.78 is 31.3. The maximum atomic E-state index is 12.7. The van der Waals surface area contributed by atoms with Crippen LogP contribution < -0.4 is 5.32 Å². The van der Waals surface area contributed by atoms with E-state index in [1.165, 1.54) is 35.7 Å². The molecule has 9 heteroatoms. The number of nitrogens with zero attached hydrogens (tertiary/aromatic N) is 1. The first-order chi connectivity index (χ1) is 13.2. The monoisotopic (exact) mass is 424 g/mol. The summed E-state index contributed by atoms with van der Waals surface area (Å²) in [7, 11) is -2.48. The molecule has 0 aliphatic rings. The van der Waals surface area contributed by atoms with E-state index >= 15 is 0 Å². The van der Waals surface area contributed by atoms with Crippen molar-refractivity contribution >= 4 is 39.2 Å². The number of sulfonamides is 1. The maximum Gasteiger partial charge on any atom is 0.337 e. The number of hydrogen-bond acceptors (Lipinski definition) is 5. The van der Waals surface area contributed by atoms with Gasteiger partial charge in [-0.3, -0.25) is 4.79 Å². The number of carbonyl (C=O) groups excluding carboxylic acids is 2. The summed E-state index contributed by atoms with van der Waals surface area (Å²) >= 11 is 6.12. The molecule has 0 unspecified atom stereocenters. The predicted octanol–water partition coefficient (Wildman–Crippen LogP) is 3.41. The zero-order valence-electron chi connectivity index (χ0n) is 15.7. The van der Waals surface area contributed by atoms with E-state index in [1.54, 1.807) is 32.0 Å². The minimum absolute atomic E-state index is 0.0124. The highest BCUT2D eigenvalue weighted by molar-refractivity contribution is 7.89. The van der Waals surface area contributed by atoms with Gasteiger partial charge >= 0.3 is 5.97 Å². The third-order valence-corrected chi connectivity index (χ3v) is 6.44. The molecule has 28 heavy (non-hydrogen) atoms. The standard InChI is InChI=1S/C19H21ClN2O5S/c1-4-22(5-2)28(25,26)15-9-10-17(20)16(12-15)18(23)21-14-8-6-7-13(11-14)19(24)27-3/h6-12H,4-5H2,1-3H3,(H,21,23). The lowest BCUT2D eigenvalue weighted by Crippen LogP contribution is -2.30. The third-order valence-electron chi connectivity index (χ3n) is 4.07. The summed E-state index contributed by atoms with van der Waals surface area (Å²) in [6, 6.07) is 10.2. The Bertz CT molecular complexity index is 988. The molecular formula is C19H21ClN2O5S. The molecule has 0 atom stereocenters. The molecule has 1 N–H and O–H groups in total. The van der Waals surface area contributed by atoms with E-state index in [2.05, 4.69) is 10.1 Å². The normalized spacial score (nSPS) is 11.3. The van der Waals surface area contributed by atoms with Crippen molar-refractivity contribution in [3.8, 4) is 0 Å². The molecule has 0 radical (unpaired) electrons. The van der Waals surface area contributed by atoms with Gasteiger partial charge in [0.15, 0.2) is 0 Å². The molecule has 0 aromatic heterocycles. The number of methoxy groups -OCH3 is 1. The second kappa shape index (κ2) is 9.18. The highest BCUT2D eigenvalue weighted by Gasteiger charge is 2.24. The fraction of sp³-hybridized carbons (Fsp3) is 0.263. The zero-order valence-corrected chi connectivity index (χ0v) is 17.3. The van der Waals surface area contributed by atoms with Gasteiger partial charge in [0.1, 0.15) is 0 Å². The third kappa shape index (κ3) is 4.70. The van der Waals surface area contributed by atoms with Crippen molar-refractivity contribution in [2.45, 2.75) is 18.7 Å². The van der Waals surface area contributed by atoms with Crippen LogP contribution in [0.25, 0.3) is 0 Å². The van der Waals surface area contributed by atoms with E-state index in [0.717, 1.165) is 0 Å². The second-order valence-corrected chi connectivity index (χ2v) is 8.10. The topological polar surface area (TPSA) is 92.8 Å². The number of benzene rings is 2. The van der Waals surface area contributed by atoms with Crippen LogP contribution >= 0.6 is 11.6 Å². The van der Waals surface area contributed by atoms with Gasteiger partial charge in [-0.15, -0.1) is 0 Å². The van der Waals surface area contributed by atoms with E-state index < -0.39 is 21.9 Å². The molecule has 0 saturated heterocycles. The molecule has 0 aliphatic carbocycles. The Hall–Kier alpha value is -2.42. The zero-order chi connectivity index (χ0) is 20.9. The fourth-order valence-corrected chi connectivity index (χ4v) is 4.28. The number of hydrogen-bond donors (Lipinski definition) is 1. The van der Waals surface area contributed by atoms with Crippen LogP contribution in [0.1, 0.15) is 34.6 Å². The second-order valence-electron chi connectivity index (χ2n) is 5.76. The van der Waals surface area contributed by atoms with Gasteiger partial charge in [0, 0.05) is 18.8 Å². The summed E-state index contributed by atoms with van der Waals surface area (Å²) in [4.78, 5) is 24.3. The van der Waals surface area contributed by atoms with Crippen LogP contribution in [0.15, 0.2) is 47.4 Å². The highest BCUT2D eigenvalue weighted by Crippen LogP contribution is 2.24. The Morgan fingerprint density at radius 2 is 1.79 bits per heavy atom. The molecule has 0 spiro atoms. The van der Waals surface area contributed by atoms with E-state index in [1.807, 2.05) is 0 Å². The van der Waals surface area contributed by atoms with Gasteiger partial charge in [-0.05, 0) is 36.4 Å². The maximum absolute atomic E-state index is 12.7. The molecule has 0 fully saturated rings. The van der Waals surface area contributed by atoms with Crippen molar-refractivity contribution in [3.63, 3.8) is 0 Å². The van der Waals surface area contributed by atoms with Crippen LogP contribution in [-0.2, 0) is 14.8 Å². The van der Waals surface area contributed by atoms with Crippen molar-refractivity contribution in [1.29, 1.82) is 0 Å². The first-order valence-electron chi connectivity index (χ1n) is 8.54. The van der Waals surface area contributed by atoms with Crippen LogP contribution in [0.5, 0.6) is 0 Å². The largest absolute Gasteiger partial charge is 0.465 e. The molecule has 0 aliphatic heterocycles. The molecule has 2 aromatic rings. The number of amides is 1. The van der Waals surface area contributed by atoms with Gasteiger partial charge in [-0.2, -0.15) is 4.31 Å². The summed E-state index contributed by atoms with van der Waals surface area (Å²) in [5, 5.41) is 2.73. The van der Waals surface area contributed by atoms with Crippen molar-refractivity contribution in [2.24, 2.45) is 0 Å². The first kappa shape index (κ1) is 21.9. The van der Waals surface area contributed by atoms with Gasteiger partial charge in [-0.1, -0.05) is 31.5 Å². The molecule has 0 heterocycles. The summed E-state index contributed by atoms with van der Waals surface area (Å²) in [6.45, 7) is 4.09. The Balaban J connectivity index is 2.35. The smallest absolute Gasteiger partial charge is 0.337 e. The average Bonchev–Trinajstić information content (AvgIpc) is 2.68. The molecule has 1 amide bonds.